The van der Waals surface area contributed by atoms with Crippen LogP contribution in [0.25, 0.3) is 0 Å². The molecule has 2 heterocycles. The van der Waals surface area contributed by atoms with Crippen LogP contribution in [0.4, 0.5) is 5.69 Å². The summed E-state index contributed by atoms with van der Waals surface area (Å²) >= 11 is 3.21. The quantitative estimate of drug-likeness (QED) is 0.654. The van der Waals surface area contributed by atoms with Crippen molar-refractivity contribution in [3.05, 3.63) is 51.7 Å². The predicted octanol–water partition coefficient (Wildman–Crippen LogP) is 5.99. The zero-order valence-corrected chi connectivity index (χ0v) is 18.7. The number of nitrogens with one attached hydrogen (secondary N) is 1. The summed E-state index contributed by atoms with van der Waals surface area (Å²) in [6.07, 6.45) is 6.91. The van der Waals surface area contributed by atoms with Crippen LogP contribution in [0.2, 0.25) is 0 Å². The fourth-order valence-electron chi connectivity index (χ4n) is 3.99. The Hall–Kier alpha value is -1.92. The number of anilines is 1. The zero-order chi connectivity index (χ0) is 20.3. The second kappa shape index (κ2) is 8.84. The van der Waals surface area contributed by atoms with Gasteiger partial charge in [-0.05, 0) is 62.6 Å². The molecule has 152 valence electrons. The molecular weight excluding hydrogens is 398 g/mol. The summed E-state index contributed by atoms with van der Waals surface area (Å²) in [6.45, 7) is 4.08. The Bertz CT molecular complexity index is 939. The molecular formula is C23H27N3OS2. The molecule has 4 nitrogen and oxygen atoms in total. The summed E-state index contributed by atoms with van der Waals surface area (Å²) in [7, 11) is 0. The van der Waals surface area contributed by atoms with E-state index in [1.54, 1.807) is 11.3 Å². The Morgan fingerprint density at radius 3 is 2.62 bits per heavy atom. The van der Waals surface area contributed by atoms with Crippen LogP contribution in [0.1, 0.15) is 54.5 Å². The summed E-state index contributed by atoms with van der Waals surface area (Å²) in [6, 6.07) is 10.2. The number of nitrogens with zero attached hydrogens (tertiary/aromatic N) is 2. The number of thiophene rings is 1. The number of aryl methyl sites for hydroxylation is 2. The van der Waals surface area contributed by atoms with Crippen molar-refractivity contribution in [2.45, 2.75) is 58.0 Å². The number of rotatable bonds is 4. The molecule has 0 saturated heterocycles. The van der Waals surface area contributed by atoms with E-state index in [2.05, 4.69) is 35.8 Å². The highest BCUT2D eigenvalue weighted by molar-refractivity contribution is 8.16. The van der Waals surface area contributed by atoms with Gasteiger partial charge in [0.1, 0.15) is 10.8 Å². The van der Waals surface area contributed by atoms with Gasteiger partial charge < -0.3 is 5.32 Å². The molecule has 1 N–H and O–H groups in total. The molecule has 0 unspecified atom stereocenters. The number of benzene rings is 1. The van der Waals surface area contributed by atoms with Gasteiger partial charge in [0.25, 0.3) is 0 Å². The smallest absolute Gasteiger partial charge is 0.234 e. The van der Waals surface area contributed by atoms with Crippen molar-refractivity contribution >= 4 is 45.4 Å². The highest BCUT2D eigenvalue weighted by atomic mass is 32.2. The van der Waals surface area contributed by atoms with Crippen LogP contribution in [-0.4, -0.2) is 28.1 Å². The lowest BCUT2D eigenvalue weighted by Crippen LogP contribution is -2.20. The van der Waals surface area contributed by atoms with Crippen LogP contribution in [0.15, 0.2) is 45.7 Å². The minimum Gasteiger partial charge on any atom is -0.325 e. The number of hydrogen-bond acceptors (Lipinski definition) is 5. The number of hydrogen-bond donors (Lipinski definition) is 1. The van der Waals surface area contributed by atoms with Gasteiger partial charge in [0.2, 0.25) is 5.91 Å². The lowest BCUT2D eigenvalue weighted by molar-refractivity contribution is -0.113. The maximum atomic E-state index is 12.6. The third-order valence-electron chi connectivity index (χ3n) is 5.49. The van der Waals surface area contributed by atoms with E-state index in [1.165, 1.54) is 43.0 Å². The number of amides is 1. The molecule has 2 aliphatic rings. The van der Waals surface area contributed by atoms with Gasteiger partial charge in [0, 0.05) is 5.69 Å². The number of carbonyl (C=O) groups is 1. The summed E-state index contributed by atoms with van der Waals surface area (Å²) in [5.74, 6) is 0.337. The predicted molar refractivity (Wildman–Crippen MR) is 126 cm³/mol. The van der Waals surface area contributed by atoms with Crippen LogP contribution in [-0.2, 0) is 4.79 Å². The van der Waals surface area contributed by atoms with Crippen LogP contribution in [0, 0.1) is 13.8 Å². The van der Waals surface area contributed by atoms with Crippen molar-refractivity contribution in [3.8, 4) is 0 Å². The Morgan fingerprint density at radius 2 is 1.93 bits per heavy atom. The third kappa shape index (κ3) is 4.81. The molecule has 29 heavy (non-hydrogen) atoms. The highest BCUT2D eigenvalue weighted by Crippen LogP contribution is 2.38. The van der Waals surface area contributed by atoms with Crippen molar-refractivity contribution in [2.24, 2.45) is 9.98 Å². The largest absolute Gasteiger partial charge is 0.325 e. The van der Waals surface area contributed by atoms with Crippen molar-refractivity contribution in [2.75, 3.05) is 11.1 Å². The number of thioether (sulfide) groups is 1. The molecule has 0 bridgehead atoms. The lowest BCUT2D eigenvalue weighted by atomic mass is 10.0. The van der Waals surface area contributed by atoms with Crippen molar-refractivity contribution < 1.29 is 4.79 Å². The van der Waals surface area contributed by atoms with Crippen molar-refractivity contribution in [1.82, 2.24) is 0 Å². The van der Waals surface area contributed by atoms with Gasteiger partial charge in [0.05, 0.1) is 10.6 Å². The molecule has 1 saturated carbocycles. The Morgan fingerprint density at radius 1 is 1.14 bits per heavy atom. The minimum absolute atomic E-state index is 0.00278. The summed E-state index contributed by atoms with van der Waals surface area (Å²) in [4.78, 5) is 24.0. The van der Waals surface area contributed by atoms with E-state index in [-0.39, 0.29) is 11.6 Å². The van der Waals surface area contributed by atoms with Crippen LogP contribution in [0.3, 0.4) is 0 Å². The SMILES string of the molecule is Cc1ccc(NC(=O)CSC2=NC3(CCCCCC3)N=C2c2cccs2)c(C)c1. The standard InChI is InChI=1S/C23H27N3OS2/c1-16-9-10-18(17(2)14-16)24-20(27)15-29-22-21(19-8-7-13-28-19)25-23(26-22)11-5-3-4-6-12-23/h7-10,13-14H,3-6,11-12,15H2,1-2H3,(H,24,27). The molecule has 1 aliphatic heterocycles. The molecule has 4 rings (SSSR count). The average molecular weight is 426 g/mol. The highest BCUT2D eigenvalue weighted by Gasteiger charge is 2.37. The molecule has 1 amide bonds. The van der Waals surface area contributed by atoms with Gasteiger partial charge in [-0.15, -0.1) is 11.3 Å². The third-order valence-corrected chi connectivity index (χ3v) is 7.33. The molecule has 0 radical (unpaired) electrons. The lowest BCUT2D eigenvalue weighted by Gasteiger charge is -2.20. The van der Waals surface area contributed by atoms with E-state index in [4.69, 9.17) is 9.98 Å². The Labute approximate surface area is 180 Å². The molecule has 2 aromatic rings. The molecule has 0 atom stereocenters. The second-order valence-electron chi connectivity index (χ2n) is 7.91. The summed E-state index contributed by atoms with van der Waals surface area (Å²) < 4.78 is 0. The van der Waals surface area contributed by atoms with E-state index >= 15 is 0 Å². The second-order valence-corrected chi connectivity index (χ2v) is 9.82. The molecule has 1 spiro atoms. The van der Waals surface area contributed by atoms with Crippen LogP contribution >= 0.6 is 23.1 Å². The minimum atomic E-state index is -0.303. The first-order valence-corrected chi connectivity index (χ1v) is 12.2. The number of carbonyl (C=O) groups excluding carboxylic acids is 1. The molecule has 6 heteroatoms. The van der Waals surface area contributed by atoms with Gasteiger partial charge in [-0.25, -0.2) is 4.99 Å². The molecule has 1 aromatic carbocycles. The molecule has 1 aromatic heterocycles. The van der Waals surface area contributed by atoms with Gasteiger partial charge >= 0.3 is 0 Å². The van der Waals surface area contributed by atoms with Gasteiger partial charge in [-0.2, -0.15) is 0 Å². The van der Waals surface area contributed by atoms with Gasteiger partial charge in [-0.3, -0.25) is 9.79 Å². The molecule has 1 fully saturated rings. The van der Waals surface area contributed by atoms with E-state index in [0.29, 0.717) is 5.75 Å². The Kier molecular flexibility index (Phi) is 6.20. The van der Waals surface area contributed by atoms with Crippen molar-refractivity contribution in [3.63, 3.8) is 0 Å². The van der Waals surface area contributed by atoms with Crippen LogP contribution < -0.4 is 5.32 Å². The van der Waals surface area contributed by atoms with Gasteiger partial charge in [0.15, 0.2) is 5.66 Å². The van der Waals surface area contributed by atoms with Gasteiger partial charge in [-0.1, -0.05) is 48.4 Å². The fourth-order valence-corrected chi connectivity index (χ4v) is 5.64. The van der Waals surface area contributed by atoms with E-state index < -0.39 is 0 Å². The maximum absolute atomic E-state index is 12.6. The topological polar surface area (TPSA) is 53.8 Å². The Balaban J connectivity index is 1.48. The maximum Gasteiger partial charge on any atom is 0.234 e. The fraction of sp³-hybridized carbons (Fsp3) is 0.435. The van der Waals surface area contributed by atoms with Crippen LogP contribution in [0.5, 0.6) is 0 Å². The van der Waals surface area contributed by atoms with E-state index in [0.717, 1.165) is 39.7 Å². The van der Waals surface area contributed by atoms with E-state index in [9.17, 15) is 4.79 Å². The van der Waals surface area contributed by atoms with E-state index in [1.807, 2.05) is 19.1 Å². The summed E-state index contributed by atoms with van der Waals surface area (Å²) in [5, 5.41) is 6.04. The first-order chi connectivity index (χ1) is 14.0. The first-order valence-electron chi connectivity index (χ1n) is 10.3. The first kappa shape index (κ1) is 20.4. The molecule has 1 aliphatic carbocycles. The van der Waals surface area contributed by atoms with Crippen molar-refractivity contribution in [1.29, 1.82) is 0 Å². The monoisotopic (exact) mass is 425 g/mol. The normalized spacial score (nSPS) is 18.3. The zero-order valence-electron chi connectivity index (χ0n) is 17.0. The average Bonchev–Trinajstić information content (AvgIpc) is 3.27. The number of aliphatic imine (C=N–C) groups is 2. The summed E-state index contributed by atoms with van der Waals surface area (Å²) in [5.41, 5.74) is 3.83.